The predicted molar refractivity (Wildman–Crippen MR) is 59.8 cm³/mol. The highest BCUT2D eigenvalue weighted by Gasteiger charge is 2.07. The smallest absolute Gasteiger partial charge is 0.137 e. The van der Waals surface area contributed by atoms with Gasteiger partial charge in [0.15, 0.2) is 0 Å². The second kappa shape index (κ2) is 5.23. The van der Waals surface area contributed by atoms with Crippen molar-refractivity contribution in [2.24, 2.45) is 5.73 Å². The number of nitrogens with two attached hydrogens (primary N) is 1. The van der Waals surface area contributed by atoms with E-state index in [1.165, 1.54) is 0 Å². The monoisotopic (exact) mass is 213 g/mol. The zero-order valence-corrected chi connectivity index (χ0v) is 9.34. The molecule has 1 atom stereocenters. The molecule has 0 spiro atoms. The summed E-state index contributed by atoms with van der Waals surface area (Å²) in [5.74, 6) is 0.690. The lowest BCUT2D eigenvalue weighted by molar-refractivity contribution is 0.414. The molecule has 3 heteroatoms. The number of hydrogen-bond acceptors (Lipinski definition) is 2. The molecule has 0 amide bonds. The number of methoxy groups -OCH3 is 1. The fourth-order valence-corrected chi connectivity index (χ4v) is 1.58. The minimum absolute atomic E-state index is 0.0752. The van der Waals surface area contributed by atoms with Crippen molar-refractivity contribution >= 4 is 11.6 Å². The number of ether oxygens (including phenoxy) is 1. The van der Waals surface area contributed by atoms with E-state index in [-0.39, 0.29) is 6.04 Å². The number of hydrogen-bond donors (Lipinski definition) is 1. The van der Waals surface area contributed by atoms with Gasteiger partial charge in [0.1, 0.15) is 5.75 Å². The van der Waals surface area contributed by atoms with Crippen LogP contribution < -0.4 is 10.5 Å². The van der Waals surface area contributed by atoms with Gasteiger partial charge in [0, 0.05) is 6.04 Å². The van der Waals surface area contributed by atoms with Crippen LogP contribution in [0, 0.1) is 0 Å². The fourth-order valence-electron chi connectivity index (χ4n) is 1.38. The molecule has 0 aliphatic carbocycles. The average molecular weight is 214 g/mol. The van der Waals surface area contributed by atoms with Crippen LogP contribution in [-0.2, 0) is 0 Å². The van der Waals surface area contributed by atoms with E-state index >= 15 is 0 Å². The van der Waals surface area contributed by atoms with E-state index in [0.717, 1.165) is 18.4 Å². The summed E-state index contributed by atoms with van der Waals surface area (Å²) in [6, 6.07) is 5.75. The topological polar surface area (TPSA) is 35.2 Å². The van der Waals surface area contributed by atoms with Gasteiger partial charge in [0.05, 0.1) is 12.1 Å². The summed E-state index contributed by atoms with van der Waals surface area (Å²) in [6.07, 6.45) is 2.05. The maximum absolute atomic E-state index is 5.98. The van der Waals surface area contributed by atoms with Crippen LogP contribution in [0.25, 0.3) is 0 Å². The molecule has 14 heavy (non-hydrogen) atoms. The molecule has 0 bridgehead atoms. The van der Waals surface area contributed by atoms with Gasteiger partial charge in [-0.05, 0) is 24.1 Å². The summed E-state index contributed by atoms with van der Waals surface area (Å²) >= 11 is 5.91. The first-order valence-corrected chi connectivity index (χ1v) is 5.15. The van der Waals surface area contributed by atoms with Crippen molar-refractivity contribution in [1.29, 1.82) is 0 Å². The maximum Gasteiger partial charge on any atom is 0.137 e. The standard InChI is InChI=1S/C11H16ClNO/c1-3-4-10(13)8-5-6-9(12)11(7-8)14-2/h5-7,10H,3-4,13H2,1-2H3/t10-/m1/s1. The van der Waals surface area contributed by atoms with Gasteiger partial charge in [0.2, 0.25) is 0 Å². The summed E-state index contributed by atoms with van der Waals surface area (Å²) in [7, 11) is 1.61. The Morgan fingerprint density at radius 1 is 1.50 bits per heavy atom. The van der Waals surface area contributed by atoms with Gasteiger partial charge in [0.25, 0.3) is 0 Å². The number of halogens is 1. The number of rotatable bonds is 4. The van der Waals surface area contributed by atoms with Crippen molar-refractivity contribution in [1.82, 2.24) is 0 Å². The molecule has 0 radical (unpaired) electrons. The van der Waals surface area contributed by atoms with Crippen LogP contribution >= 0.6 is 11.6 Å². The van der Waals surface area contributed by atoms with Gasteiger partial charge in [-0.3, -0.25) is 0 Å². The Morgan fingerprint density at radius 3 is 2.79 bits per heavy atom. The van der Waals surface area contributed by atoms with E-state index < -0.39 is 0 Å². The van der Waals surface area contributed by atoms with E-state index in [0.29, 0.717) is 10.8 Å². The molecule has 78 valence electrons. The van der Waals surface area contributed by atoms with E-state index in [1.807, 2.05) is 18.2 Å². The van der Waals surface area contributed by atoms with Crippen molar-refractivity contribution in [2.45, 2.75) is 25.8 Å². The van der Waals surface area contributed by atoms with Crippen LogP contribution in [0.1, 0.15) is 31.4 Å². The highest BCUT2D eigenvalue weighted by molar-refractivity contribution is 6.32. The van der Waals surface area contributed by atoms with Gasteiger partial charge in [-0.15, -0.1) is 0 Å². The molecule has 0 unspecified atom stereocenters. The van der Waals surface area contributed by atoms with Crippen molar-refractivity contribution < 1.29 is 4.74 Å². The largest absolute Gasteiger partial charge is 0.495 e. The Kier molecular flexibility index (Phi) is 4.23. The van der Waals surface area contributed by atoms with Gasteiger partial charge in [-0.25, -0.2) is 0 Å². The molecule has 0 aliphatic rings. The molecule has 1 aromatic rings. The second-order valence-electron chi connectivity index (χ2n) is 3.29. The van der Waals surface area contributed by atoms with Crippen LogP contribution in [0.15, 0.2) is 18.2 Å². The Labute approximate surface area is 90.0 Å². The van der Waals surface area contributed by atoms with Crippen molar-refractivity contribution in [3.05, 3.63) is 28.8 Å². The molecule has 0 aliphatic heterocycles. The quantitative estimate of drug-likeness (QED) is 0.834. The van der Waals surface area contributed by atoms with E-state index in [4.69, 9.17) is 22.1 Å². The third kappa shape index (κ3) is 2.63. The molecule has 1 rings (SSSR count). The molecule has 1 aromatic carbocycles. The van der Waals surface area contributed by atoms with Crippen LogP contribution in [0.3, 0.4) is 0 Å². The van der Waals surface area contributed by atoms with Gasteiger partial charge >= 0.3 is 0 Å². The minimum atomic E-state index is 0.0752. The molecule has 0 aromatic heterocycles. The summed E-state index contributed by atoms with van der Waals surface area (Å²) in [5.41, 5.74) is 7.06. The zero-order chi connectivity index (χ0) is 10.6. The van der Waals surface area contributed by atoms with Crippen LogP contribution in [-0.4, -0.2) is 7.11 Å². The van der Waals surface area contributed by atoms with Crippen molar-refractivity contribution in [3.8, 4) is 5.75 Å². The van der Waals surface area contributed by atoms with E-state index in [1.54, 1.807) is 7.11 Å². The molecular formula is C11H16ClNO. The second-order valence-corrected chi connectivity index (χ2v) is 3.70. The van der Waals surface area contributed by atoms with Gasteiger partial charge in [-0.2, -0.15) is 0 Å². The maximum atomic E-state index is 5.98. The molecule has 0 saturated heterocycles. The predicted octanol–water partition coefficient (Wildman–Crippen LogP) is 3.15. The first-order valence-electron chi connectivity index (χ1n) is 4.78. The lowest BCUT2D eigenvalue weighted by atomic mass is 10.0. The summed E-state index contributed by atoms with van der Waals surface area (Å²) in [4.78, 5) is 0. The summed E-state index contributed by atoms with van der Waals surface area (Å²) in [5, 5.41) is 0.625. The van der Waals surface area contributed by atoms with Gasteiger partial charge in [-0.1, -0.05) is 31.0 Å². The number of benzene rings is 1. The highest BCUT2D eigenvalue weighted by atomic mass is 35.5. The molecule has 2 N–H and O–H groups in total. The Balaban J connectivity index is 2.88. The Bertz CT molecular complexity index is 301. The van der Waals surface area contributed by atoms with E-state index in [9.17, 15) is 0 Å². The third-order valence-electron chi connectivity index (χ3n) is 2.20. The molecule has 2 nitrogen and oxygen atoms in total. The zero-order valence-electron chi connectivity index (χ0n) is 8.59. The normalized spacial score (nSPS) is 12.6. The van der Waals surface area contributed by atoms with Crippen LogP contribution in [0.2, 0.25) is 5.02 Å². The highest BCUT2D eigenvalue weighted by Crippen LogP contribution is 2.28. The Hall–Kier alpha value is -0.730. The van der Waals surface area contributed by atoms with Gasteiger partial charge < -0.3 is 10.5 Å². The average Bonchev–Trinajstić information content (AvgIpc) is 2.19. The lowest BCUT2D eigenvalue weighted by Crippen LogP contribution is -2.09. The van der Waals surface area contributed by atoms with Crippen LogP contribution in [0.5, 0.6) is 5.75 Å². The SMILES string of the molecule is CCC[C@@H](N)c1ccc(Cl)c(OC)c1. The fraction of sp³-hybridized carbons (Fsp3) is 0.455. The molecule has 0 fully saturated rings. The summed E-state index contributed by atoms with van der Waals surface area (Å²) < 4.78 is 5.13. The first-order chi connectivity index (χ1) is 6.69. The molecule has 0 saturated carbocycles. The van der Waals surface area contributed by atoms with Crippen LogP contribution in [0.4, 0.5) is 0 Å². The summed E-state index contributed by atoms with van der Waals surface area (Å²) in [6.45, 7) is 2.12. The first kappa shape index (κ1) is 11.3. The van der Waals surface area contributed by atoms with Crippen molar-refractivity contribution in [2.75, 3.05) is 7.11 Å². The Morgan fingerprint density at radius 2 is 2.21 bits per heavy atom. The minimum Gasteiger partial charge on any atom is -0.495 e. The third-order valence-corrected chi connectivity index (χ3v) is 2.52. The van der Waals surface area contributed by atoms with E-state index in [2.05, 4.69) is 6.92 Å². The molecular weight excluding hydrogens is 198 g/mol. The lowest BCUT2D eigenvalue weighted by Gasteiger charge is -2.12. The van der Waals surface area contributed by atoms with Crippen molar-refractivity contribution in [3.63, 3.8) is 0 Å². The molecule has 0 heterocycles.